The van der Waals surface area contributed by atoms with Gasteiger partial charge in [-0.25, -0.2) is 0 Å². The lowest BCUT2D eigenvalue weighted by molar-refractivity contribution is -0.121. The highest BCUT2D eigenvalue weighted by atomic mass is 32.2. The van der Waals surface area contributed by atoms with E-state index in [1.54, 1.807) is 36.2 Å². The van der Waals surface area contributed by atoms with Gasteiger partial charge in [0, 0.05) is 30.0 Å². The number of carbonyl (C=O) groups excluding carboxylic acids is 1. The predicted molar refractivity (Wildman–Crippen MR) is 77.8 cm³/mol. The summed E-state index contributed by atoms with van der Waals surface area (Å²) in [4.78, 5) is 13.9. The molecule has 1 heterocycles. The molecule has 1 aromatic carbocycles. The zero-order chi connectivity index (χ0) is 13.8. The van der Waals surface area contributed by atoms with E-state index in [0.717, 1.165) is 23.6 Å². The molecule has 1 aromatic rings. The number of hydrogen-bond acceptors (Lipinski definition) is 4. The molecular formula is C13H17N3O2S. The van der Waals surface area contributed by atoms with E-state index in [1.807, 2.05) is 11.8 Å². The zero-order valence-electron chi connectivity index (χ0n) is 10.7. The highest BCUT2D eigenvalue weighted by molar-refractivity contribution is 7.99. The monoisotopic (exact) mass is 279 g/mol. The molecule has 1 atom stereocenters. The summed E-state index contributed by atoms with van der Waals surface area (Å²) in [6.07, 6.45) is 0.954. The number of amides is 1. The standard InChI is InChI=1S/C13H17N3O2S/c1-16(13(17)10-6-7-19-8-10)11-4-2-9(3-5-11)12(14)15-18/h2-5,10,18H,6-8H2,1H3,(H2,14,15). The van der Waals surface area contributed by atoms with Gasteiger partial charge < -0.3 is 15.8 Å². The fourth-order valence-electron chi connectivity index (χ4n) is 2.04. The highest BCUT2D eigenvalue weighted by Gasteiger charge is 2.26. The van der Waals surface area contributed by atoms with Gasteiger partial charge in [0.25, 0.3) is 0 Å². The maximum Gasteiger partial charge on any atom is 0.230 e. The number of benzene rings is 1. The molecule has 0 aliphatic carbocycles. The SMILES string of the molecule is CN(C(=O)C1CCSC1)c1ccc(C(N)=NO)cc1. The van der Waals surface area contributed by atoms with Crippen LogP contribution in [0, 0.1) is 5.92 Å². The van der Waals surface area contributed by atoms with Crippen LogP contribution in [0.2, 0.25) is 0 Å². The van der Waals surface area contributed by atoms with Crippen LogP contribution < -0.4 is 10.6 Å². The van der Waals surface area contributed by atoms with Crippen LogP contribution >= 0.6 is 11.8 Å². The molecule has 0 bridgehead atoms. The molecule has 1 fully saturated rings. The van der Waals surface area contributed by atoms with Crippen LogP contribution in [0.3, 0.4) is 0 Å². The van der Waals surface area contributed by atoms with E-state index in [9.17, 15) is 4.79 Å². The van der Waals surface area contributed by atoms with Crippen molar-refractivity contribution in [2.75, 3.05) is 23.5 Å². The number of carbonyl (C=O) groups is 1. The van der Waals surface area contributed by atoms with Crippen molar-refractivity contribution in [2.45, 2.75) is 6.42 Å². The van der Waals surface area contributed by atoms with Gasteiger partial charge in [-0.3, -0.25) is 4.79 Å². The Morgan fingerprint density at radius 2 is 2.16 bits per heavy atom. The topological polar surface area (TPSA) is 78.9 Å². The Balaban J connectivity index is 2.10. The number of hydrogen-bond donors (Lipinski definition) is 2. The summed E-state index contributed by atoms with van der Waals surface area (Å²) in [6, 6.07) is 7.07. The van der Waals surface area contributed by atoms with Crippen LogP contribution in [0.4, 0.5) is 5.69 Å². The van der Waals surface area contributed by atoms with Crippen molar-refractivity contribution < 1.29 is 10.0 Å². The maximum atomic E-state index is 12.2. The number of oxime groups is 1. The van der Waals surface area contributed by atoms with Gasteiger partial charge in [-0.15, -0.1) is 0 Å². The minimum absolute atomic E-state index is 0.0627. The summed E-state index contributed by atoms with van der Waals surface area (Å²) in [5, 5.41) is 11.5. The molecule has 0 aromatic heterocycles. The first-order chi connectivity index (χ1) is 9.13. The van der Waals surface area contributed by atoms with Gasteiger partial charge in [0.1, 0.15) is 0 Å². The smallest absolute Gasteiger partial charge is 0.230 e. The van der Waals surface area contributed by atoms with Crippen molar-refractivity contribution in [1.29, 1.82) is 0 Å². The Bertz CT molecular complexity index is 481. The fraction of sp³-hybridized carbons (Fsp3) is 0.385. The van der Waals surface area contributed by atoms with Gasteiger partial charge in [-0.05, 0) is 36.4 Å². The first-order valence-electron chi connectivity index (χ1n) is 6.06. The van der Waals surface area contributed by atoms with Crippen molar-refractivity contribution in [3.8, 4) is 0 Å². The van der Waals surface area contributed by atoms with Crippen LogP contribution in [0.25, 0.3) is 0 Å². The van der Waals surface area contributed by atoms with Crippen LogP contribution in [0.1, 0.15) is 12.0 Å². The summed E-state index contributed by atoms with van der Waals surface area (Å²) in [7, 11) is 1.78. The van der Waals surface area contributed by atoms with Crippen molar-refractivity contribution >= 4 is 29.2 Å². The van der Waals surface area contributed by atoms with Crippen LogP contribution in [-0.2, 0) is 4.79 Å². The highest BCUT2D eigenvalue weighted by Crippen LogP contribution is 2.26. The Morgan fingerprint density at radius 1 is 1.47 bits per heavy atom. The molecule has 2 rings (SSSR count). The molecule has 1 aliphatic heterocycles. The van der Waals surface area contributed by atoms with Gasteiger partial charge in [0.2, 0.25) is 5.91 Å². The molecule has 19 heavy (non-hydrogen) atoms. The molecule has 1 aliphatic rings. The quantitative estimate of drug-likeness (QED) is 0.380. The Kier molecular flexibility index (Phi) is 4.31. The van der Waals surface area contributed by atoms with Crippen molar-refractivity contribution in [2.24, 2.45) is 16.8 Å². The first kappa shape index (κ1) is 13.7. The zero-order valence-corrected chi connectivity index (χ0v) is 11.6. The summed E-state index contributed by atoms with van der Waals surface area (Å²) >= 11 is 1.82. The third-order valence-electron chi connectivity index (χ3n) is 3.27. The van der Waals surface area contributed by atoms with Gasteiger partial charge in [-0.1, -0.05) is 5.16 Å². The average molecular weight is 279 g/mol. The van der Waals surface area contributed by atoms with Gasteiger partial charge >= 0.3 is 0 Å². The van der Waals surface area contributed by atoms with E-state index in [4.69, 9.17) is 10.9 Å². The number of thioether (sulfide) groups is 1. The Morgan fingerprint density at radius 3 is 2.68 bits per heavy atom. The Labute approximate surface area is 116 Å². The molecule has 102 valence electrons. The van der Waals surface area contributed by atoms with Gasteiger partial charge in [-0.2, -0.15) is 11.8 Å². The molecule has 6 heteroatoms. The lowest BCUT2D eigenvalue weighted by atomic mass is 10.1. The number of nitrogens with zero attached hydrogens (tertiary/aromatic N) is 2. The lowest BCUT2D eigenvalue weighted by Crippen LogP contribution is -2.32. The number of rotatable bonds is 3. The van der Waals surface area contributed by atoms with Crippen LogP contribution in [0.15, 0.2) is 29.4 Å². The molecule has 1 unspecified atom stereocenters. The molecule has 5 nitrogen and oxygen atoms in total. The maximum absolute atomic E-state index is 12.2. The van der Waals surface area contributed by atoms with Crippen LogP contribution in [0.5, 0.6) is 0 Å². The van der Waals surface area contributed by atoms with E-state index in [0.29, 0.717) is 5.56 Å². The third-order valence-corrected chi connectivity index (χ3v) is 4.43. The number of nitrogens with two attached hydrogens (primary N) is 1. The minimum atomic E-state index is 0.0627. The molecular weight excluding hydrogens is 262 g/mol. The van der Waals surface area contributed by atoms with Gasteiger partial charge in [0.05, 0.1) is 0 Å². The van der Waals surface area contributed by atoms with E-state index in [1.165, 1.54) is 0 Å². The van der Waals surface area contributed by atoms with Crippen LogP contribution in [-0.4, -0.2) is 35.5 Å². The second-order valence-electron chi connectivity index (χ2n) is 4.49. The lowest BCUT2D eigenvalue weighted by Gasteiger charge is -2.21. The van der Waals surface area contributed by atoms with E-state index in [2.05, 4.69) is 5.16 Å². The first-order valence-corrected chi connectivity index (χ1v) is 7.22. The Hall–Kier alpha value is -1.69. The summed E-state index contributed by atoms with van der Waals surface area (Å²) in [6.45, 7) is 0. The van der Waals surface area contributed by atoms with E-state index < -0.39 is 0 Å². The molecule has 0 radical (unpaired) electrons. The second-order valence-corrected chi connectivity index (χ2v) is 5.64. The van der Waals surface area contributed by atoms with Crippen molar-refractivity contribution in [3.05, 3.63) is 29.8 Å². The molecule has 0 saturated carbocycles. The van der Waals surface area contributed by atoms with E-state index >= 15 is 0 Å². The van der Waals surface area contributed by atoms with Gasteiger partial charge in [0.15, 0.2) is 5.84 Å². The van der Waals surface area contributed by atoms with Crippen molar-refractivity contribution in [1.82, 2.24) is 0 Å². The molecule has 1 amide bonds. The minimum Gasteiger partial charge on any atom is -0.409 e. The third kappa shape index (κ3) is 3.01. The molecule has 0 spiro atoms. The second kappa shape index (κ2) is 5.97. The predicted octanol–water partition coefficient (Wildman–Crippen LogP) is 1.50. The largest absolute Gasteiger partial charge is 0.409 e. The fourth-order valence-corrected chi connectivity index (χ4v) is 3.26. The molecule has 3 N–H and O–H groups in total. The number of anilines is 1. The number of amidine groups is 1. The normalized spacial score (nSPS) is 19.4. The van der Waals surface area contributed by atoms with Crippen molar-refractivity contribution in [3.63, 3.8) is 0 Å². The summed E-state index contributed by atoms with van der Waals surface area (Å²) in [5.41, 5.74) is 6.94. The summed E-state index contributed by atoms with van der Waals surface area (Å²) in [5.74, 6) is 2.31. The van der Waals surface area contributed by atoms with E-state index in [-0.39, 0.29) is 17.7 Å². The average Bonchev–Trinajstić information content (AvgIpc) is 2.99. The summed E-state index contributed by atoms with van der Waals surface area (Å²) < 4.78 is 0. The molecule has 1 saturated heterocycles.